The SMILES string of the molecule is Cc1ccc(S(=O)(=O)NC[C@@H](c2ccc(N(C)C)cc2)N2CCN(c3ccccc3)CC2)c(C)c1. The summed E-state index contributed by atoms with van der Waals surface area (Å²) >= 11 is 0. The van der Waals surface area contributed by atoms with Crippen LogP contribution in [0.15, 0.2) is 77.7 Å². The molecule has 0 spiro atoms. The van der Waals surface area contributed by atoms with Crippen molar-refractivity contribution in [3.8, 4) is 0 Å². The summed E-state index contributed by atoms with van der Waals surface area (Å²) in [5.41, 5.74) is 5.29. The molecule has 0 unspecified atom stereocenters. The molecule has 0 radical (unpaired) electrons. The molecule has 35 heavy (non-hydrogen) atoms. The van der Waals surface area contributed by atoms with E-state index < -0.39 is 10.0 Å². The van der Waals surface area contributed by atoms with Gasteiger partial charge >= 0.3 is 0 Å². The molecule has 186 valence electrons. The molecule has 1 aliphatic rings. The Bertz CT molecular complexity index is 1220. The fraction of sp³-hybridized carbons (Fsp3) is 0.357. The van der Waals surface area contributed by atoms with E-state index in [0.29, 0.717) is 11.4 Å². The number of sulfonamides is 1. The summed E-state index contributed by atoms with van der Waals surface area (Å²) < 4.78 is 29.4. The van der Waals surface area contributed by atoms with Crippen molar-refractivity contribution in [2.45, 2.75) is 24.8 Å². The maximum atomic E-state index is 13.2. The minimum absolute atomic E-state index is 0.0512. The van der Waals surface area contributed by atoms with Gasteiger partial charge in [0.05, 0.1) is 4.90 Å². The van der Waals surface area contributed by atoms with Gasteiger partial charge in [-0.3, -0.25) is 4.90 Å². The van der Waals surface area contributed by atoms with Crippen LogP contribution in [-0.2, 0) is 10.0 Å². The molecule has 4 rings (SSSR count). The van der Waals surface area contributed by atoms with Crippen molar-refractivity contribution in [3.05, 3.63) is 89.5 Å². The number of nitrogens with zero attached hydrogens (tertiary/aromatic N) is 3. The summed E-state index contributed by atoms with van der Waals surface area (Å²) in [6.07, 6.45) is 0. The first-order valence-corrected chi connectivity index (χ1v) is 13.6. The van der Waals surface area contributed by atoms with E-state index in [9.17, 15) is 8.42 Å². The molecular formula is C28H36N4O2S. The van der Waals surface area contributed by atoms with Crippen LogP contribution in [0.25, 0.3) is 0 Å². The third-order valence-electron chi connectivity index (χ3n) is 6.76. The van der Waals surface area contributed by atoms with Crippen molar-refractivity contribution in [3.63, 3.8) is 0 Å². The fourth-order valence-electron chi connectivity index (χ4n) is 4.75. The van der Waals surface area contributed by atoms with Crippen LogP contribution in [0.1, 0.15) is 22.7 Å². The van der Waals surface area contributed by atoms with Gasteiger partial charge in [-0.25, -0.2) is 13.1 Å². The van der Waals surface area contributed by atoms with E-state index in [1.807, 2.05) is 46.1 Å². The molecule has 1 aliphatic heterocycles. The minimum atomic E-state index is -3.62. The Hall–Kier alpha value is -2.87. The number of nitrogens with one attached hydrogen (secondary N) is 1. The van der Waals surface area contributed by atoms with Gasteiger partial charge in [-0.1, -0.05) is 48.0 Å². The van der Waals surface area contributed by atoms with Gasteiger partial charge in [-0.05, 0) is 55.3 Å². The number of para-hydroxylation sites is 1. The molecule has 3 aromatic rings. The van der Waals surface area contributed by atoms with E-state index in [1.165, 1.54) is 5.69 Å². The molecular weight excluding hydrogens is 456 g/mol. The maximum absolute atomic E-state index is 13.2. The summed E-state index contributed by atoms with van der Waals surface area (Å²) in [7, 11) is 0.422. The Labute approximate surface area is 210 Å². The number of aryl methyl sites for hydroxylation is 2. The number of rotatable bonds is 8. The lowest BCUT2D eigenvalue weighted by Crippen LogP contribution is -2.50. The molecule has 1 saturated heterocycles. The first-order valence-electron chi connectivity index (χ1n) is 12.1. The first kappa shape index (κ1) is 25.2. The van der Waals surface area contributed by atoms with Crippen LogP contribution in [0.2, 0.25) is 0 Å². The highest BCUT2D eigenvalue weighted by atomic mass is 32.2. The molecule has 1 fully saturated rings. The lowest BCUT2D eigenvalue weighted by atomic mass is 10.0. The molecule has 1 N–H and O–H groups in total. The first-order chi connectivity index (χ1) is 16.7. The molecule has 7 heteroatoms. The van der Waals surface area contributed by atoms with E-state index >= 15 is 0 Å². The van der Waals surface area contributed by atoms with Crippen LogP contribution in [0.5, 0.6) is 0 Å². The zero-order valence-corrected chi connectivity index (χ0v) is 21.9. The van der Waals surface area contributed by atoms with Crippen LogP contribution in [-0.4, -0.2) is 60.1 Å². The normalized spacial score (nSPS) is 15.7. The predicted molar refractivity (Wildman–Crippen MR) is 145 cm³/mol. The van der Waals surface area contributed by atoms with Crippen LogP contribution in [0, 0.1) is 13.8 Å². The van der Waals surface area contributed by atoms with Crippen molar-refractivity contribution >= 4 is 21.4 Å². The average molecular weight is 493 g/mol. The Morgan fingerprint density at radius 2 is 1.54 bits per heavy atom. The summed E-state index contributed by atoms with van der Waals surface area (Å²) in [4.78, 5) is 7.20. The molecule has 0 bridgehead atoms. The average Bonchev–Trinajstić information content (AvgIpc) is 2.85. The summed E-state index contributed by atoms with van der Waals surface area (Å²) in [6.45, 7) is 7.67. The quantitative estimate of drug-likeness (QED) is 0.511. The number of piperazine rings is 1. The van der Waals surface area contributed by atoms with Gasteiger partial charge in [-0.2, -0.15) is 0 Å². The summed E-state index contributed by atoms with van der Waals surface area (Å²) in [5, 5.41) is 0. The zero-order chi connectivity index (χ0) is 25.0. The molecule has 6 nitrogen and oxygen atoms in total. The molecule has 1 heterocycles. The van der Waals surface area contributed by atoms with Crippen molar-refractivity contribution in [1.29, 1.82) is 0 Å². The second-order valence-corrected chi connectivity index (χ2v) is 11.2. The van der Waals surface area contributed by atoms with Crippen LogP contribution in [0.4, 0.5) is 11.4 Å². The van der Waals surface area contributed by atoms with Gasteiger partial charge in [0.1, 0.15) is 0 Å². The van der Waals surface area contributed by atoms with E-state index in [4.69, 9.17) is 0 Å². The predicted octanol–water partition coefficient (Wildman–Crippen LogP) is 4.21. The second kappa shape index (κ2) is 10.8. The van der Waals surface area contributed by atoms with Gasteiger partial charge in [0.15, 0.2) is 0 Å². The van der Waals surface area contributed by atoms with Gasteiger partial charge in [-0.15, -0.1) is 0 Å². The number of hydrogen-bond donors (Lipinski definition) is 1. The Balaban J connectivity index is 1.54. The fourth-order valence-corrected chi connectivity index (χ4v) is 6.01. The lowest BCUT2D eigenvalue weighted by molar-refractivity contribution is 0.187. The Morgan fingerprint density at radius 1 is 0.886 bits per heavy atom. The van der Waals surface area contributed by atoms with E-state index in [1.54, 1.807) is 6.07 Å². The van der Waals surface area contributed by atoms with Crippen molar-refractivity contribution in [1.82, 2.24) is 9.62 Å². The van der Waals surface area contributed by atoms with Crippen LogP contribution < -0.4 is 14.5 Å². The highest BCUT2D eigenvalue weighted by molar-refractivity contribution is 7.89. The molecule has 0 aliphatic carbocycles. The van der Waals surface area contributed by atoms with Gasteiger partial charge in [0, 0.05) is 64.2 Å². The smallest absolute Gasteiger partial charge is 0.240 e. The largest absolute Gasteiger partial charge is 0.378 e. The third kappa shape index (κ3) is 6.04. The molecule has 0 amide bonds. The summed E-state index contributed by atoms with van der Waals surface area (Å²) in [6, 6.07) is 24.3. The van der Waals surface area contributed by atoms with E-state index in [-0.39, 0.29) is 6.04 Å². The zero-order valence-electron chi connectivity index (χ0n) is 21.1. The van der Waals surface area contributed by atoms with Crippen molar-refractivity contribution < 1.29 is 8.42 Å². The van der Waals surface area contributed by atoms with Crippen molar-refractivity contribution in [2.75, 3.05) is 56.6 Å². The van der Waals surface area contributed by atoms with Crippen molar-refractivity contribution in [2.24, 2.45) is 0 Å². The van der Waals surface area contributed by atoms with Gasteiger partial charge in [0.2, 0.25) is 10.0 Å². The van der Waals surface area contributed by atoms with E-state index in [0.717, 1.165) is 48.6 Å². The highest BCUT2D eigenvalue weighted by Crippen LogP contribution is 2.26. The third-order valence-corrected chi connectivity index (χ3v) is 8.34. The highest BCUT2D eigenvalue weighted by Gasteiger charge is 2.27. The standard InChI is InChI=1S/C28H36N4O2S/c1-22-10-15-28(23(2)20-22)35(33,34)29-21-27(24-11-13-25(14-12-24)30(3)4)32-18-16-31(17-19-32)26-8-6-5-7-9-26/h5-15,20,27,29H,16-19,21H2,1-4H3/t27-/m0/s1. The molecule has 1 atom stereocenters. The number of benzene rings is 3. The number of anilines is 2. The van der Waals surface area contributed by atoms with Crippen LogP contribution >= 0.6 is 0 Å². The minimum Gasteiger partial charge on any atom is -0.378 e. The molecule has 3 aromatic carbocycles. The van der Waals surface area contributed by atoms with Gasteiger partial charge < -0.3 is 9.80 Å². The second-order valence-electron chi connectivity index (χ2n) is 9.48. The lowest BCUT2D eigenvalue weighted by Gasteiger charge is -2.40. The summed E-state index contributed by atoms with van der Waals surface area (Å²) in [5.74, 6) is 0. The van der Waals surface area contributed by atoms with Gasteiger partial charge in [0.25, 0.3) is 0 Å². The molecule has 0 aromatic heterocycles. The Morgan fingerprint density at radius 3 is 2.14 bits per heavy atom. The number of hydrogen-bond acceptors (Lipinski definition) is 5. The Kier molecular flexibility index (Phi) is 7.79. The monoisotopic (exact) mass is 492 g/mol. The van der Waals surface area contributed by atoms with E-state index in [2.05, 4.69) is 68.0 Å². The molecule has 0 saturated carbocycles. The van der Waals surface area contributed by atoms with Crippen LogP contribution in [0.3, 0.4) is 0 Å². The maximum Gasteiger partial charge on any atom is 0.240 e. The topological polar surface area (TPSA) is 55.9 Å².